The van der Waals surface area contributed by atoms with Crippen LogP contribution in [-0.4, -0.2) is 17.4 Å². The summed E-state index contributed by atoms with van der Waals surface area (Å²) in [7, 11) is 0. The number of hydrogen-bond donors (Lipinski definition) is 0. The van der Waals surface area contributed by atoms with Gasteiger partial charge in [-0.2, -0.15) is 0 Å². The smallest absolute Gasteiger partial charge is 0.216 e. The Morgan fingerprint density at radius 1 is 1.47 bits per heavy atom. The average Bonchev–Trinajstić information content (AvgIpc) is 2.32. The van der Waals surface area contributed by atoms with Crippen LogP contribution in [0.15, 0.2) is 12.3 Å². The first kappa shape index (κ1) is 12.1. The molecule has 1 aliphatic carbocycles. The van der Waals surface area contributed by atoms with E-state index in [-0.39, 0.29) is 6.10 Å². The van der Waals surface area contributed by atoms with E-state index in [9.17, 15) is 4.79 Å². The van der Waals surface area contributed by atoms with Gasteiger partial charge in [0.25, 0.3) is 0 Å². The molecule has 3 heteroatoms. The highest BCUT2D eigenvalue weighted by Crippen LogP contribution is 2.27. The van der Waals surface area contributed by atoms with Crippen molar-refractivity contribution in [3.63, 3.8) is 0 Å². The van der Waals surface area contributed by atoms with E-state index in [1.807, 2.05) is 13.0 Å². The number of ether oxygens (including phenoxy) is 1. The molecule has 17 heavy (non-hydrogen) atoms. The molecule has 0 aliphatic heterocycles. The first-order valence-electron chi connectivity index (χ1n) is 6.27. The number of aromatic nitrogens is 1. The maximum absolute atomic E-state index is 10.6. The maximum atomic E-state index is 10.6. The minimum absolute atomic E-state index is 0.284. The Morgan fingerprint density at radius 3 is 2.94 bits per heavy atom. The van der Waals surface area contributed by atoms with E-state index in [0.29, 0.717) is 11.4 Å². The summed E-state index contributed by atoms with van der Waals surface area (Å²) in [5.74, 6) is 1.41. The van der Waals surface area contributed by atoms with Crippen molar-refractivity contribution in [2.45, 2.75) is 45.6 Å². The van der Waals surface area contributed by atoms with Crippen LogP contribution in [0.1, 0.15) is 48.5 Å². The number of hydrogen-bond acceptors (Lipinski definition) is 3. The van der Waals surface area contributed by atoms with Crippen LogP contribution < -0.4 is 4.74 Å². The highest BCUT2D eigenvalue weighted by molar-refractivity contribution is 5.74. The lowest BCUT2D eigenvalue weighted by atomic mass is 9.89. The lowest BCUT2D eigenvalue weighted by Crippen LogP contribution is -2.24. The lowest BCUT2D eigenvalue weighted by Gasteiger charge is -2.27. The third-order valence-electron chi connectivity index (χ3n) is 3.35. The van der Waals surface area contributed by atoms with E-state index in [0.717, 1.165) is 30.6 Å². The molecule has 1 aliphatic rings. The van der Waals surface area contributed by atoms with E-state index in [2.05, 4.69) is 11.9 Å². The molecule has 1 aromatic rings. The van der Waals surface area contributed by atoms with Crippen LogP contribution in [0.25, 0.3) is 0 Å². The number of aldehydes is 1. The summed E-state index contributed by atoms with van der Waals surface area (Å²) in [4.78, 5) is 14.8. The van der Waals surface area contributed by atoms with Crippen molar-refractivity contribution in [2.24, 2.45) is 5.92 Å². The molecule has 0 amide bonds. The van der Waals surface area contributed by atoms with E-state index in [4.69, 9.17) is 4.74 Å². The number of carbonyl (C=O) groups is 1. The molecular weight excluding hydrogens is 214 g/mol. The summed E-state index contributed by atoms with van der Waals surface area (Å²) in [6, 6.07) is 1.82. The van der Waals surface area contributed by atoms with Gasteiger partial charge in [-0.15, -0.1) is 0 Å². The standard InChI is InChI=1S/C14H19NO2/c1-10-4-3-5-13(6-10)17-14-11(2)7-12(9-16)8-15-14/h7-10,13H,3-6H2,1-2H3. The monoisotopic (exact) mass is 233 g/mol. The van der Waals surface area contributed by atoms with Gasteiger partial charge in [0.05, 0.1) is 0 Å². The lowest BCUT2D eigenvalue weighted by molar-refractivity contribution is 0.112. The van der Waals surface area contributed by atoms with Crippen molar-refractivity contribution < 1.29 is 9.53 Å². The summed E-state index contributed by atoms with van der Waals surface area (Å²) < 4.78 is 5.93. The van der Waals surface area contributed by atoms with Crippen LogP contribution in [0.5, 0.6) is 5.88 Å². The second-order valence-electron chi connectivity index (χ2n) is 5.02. The summed E-state index contributed by atoms with van der Waals surface area (Å²) in [6.07, 6.45) is 7.42. The highest BCUT2D eigenvalue weighted by Gasteiger charge is 2.21. The normalized spacial score (nSPS) is 24.4. The Labute approximate surface area is 102 Å². The molecule has 2 rings (SSSR count). The van der Waals surface area contributed by atoms with Gasteiger partial charge in [0.15, 0.2) is 6.29 Å². The molecule has 1 fully saturated rings. The molecule has 2 atom stereocenters. The van der Waals surface area contributed by atoms with Crippen LogP contribution in [0, 0.1) is 12.8 Å². The number of aryl methyl sites for hydroxylation is 1. The first-order chi connectivity index (χ1) is 8.19. The molecule has 0 saturated heterocycles. The van der Waals surface area contributed by atoms with Crippen LogP contribution in [-0.2, 0) is 0 Å². The Balaban J connectivity index is 2.05. The van der Waals surface area contributed by atoms with Gasteiger partial charge >= 0.3 is 0 Å². The largest absolute Gasteiger partial charge is 0.474 e. The highest BCUT2D eigenvalue weighted by atomic mass is 16.5. The summed E-state index contributed by atoms with van der Waals surface area (Å²) in [6.45, 7) is 4.20. The fourth-order valence-electron chi connectivity index (χ4n) is 2.42. The fraction of sp³-hybridized carbons (Fsp3) is 0.571. The molecule has 1 saturated carbocycles. The van der Waals surface area contributed by atoms with Gasteiger partial charge in [-0.25, -0.2) is 4.98 Å². The predicted octanol–water partition coefficient (Wildman–Crippen LogP) is 3.16. The van der Waals surface area contributed by atoms with Crippen molar-refractivity contribution in [1.29, 1.82) is 0 Å². The Kier molecular flexibility index (Phi) is 3.77. The van der Waals surface area contributed by atoms with E-state index < -0.39 is 0 Å². The van der Waals surface area contributed by atoms with Gasteiger partial charge < -0.3 is 4.74 Å². The van der Waals surface area contributed by atoms with Gasteiger partial charge in [0.2, 0.25) is 5.88 Å². The quantitative estimate of drug-likeness (QED) is 0.753. The van der Waals surface area contributed by atoms with Crippen molar-refractivity contribution >= 4 is 6.29 Å². The maximum Gasteiger partial charge on any atom is 0.216 e. The minimum Gasteiger partial charge on any atom is -0.474 e. The fourth-order valence-corrected chi connectivity index (χ4v) is 2.42. The second kappa shape index (κ2) is 5.30. The molecule has 1 aromatic heterocycles. The molecule has 0 N–H and O–H groups in total. The third-order valence-corrected chi connectivity index (χ3v) is 3.35. The van der Waals surface area contributed by atoms with E-state index in [1.54, 1.807) is 6.20 Å². The van der Waals surface area contributed by atoms with Gasteiger partial charge in [-0.3, -0.25) is 4.79 Å². The second-order valence-corrected chi connectivity index (χ2v) is 5.02. The van der Waals surface area contributed by atoms with Crippen LogP contribution in [0.4, 0.5) is 0 Å². The Morgan fingerprint density at radius 2 is 2.29 bits per heavy atom. The molecule has 0 aromatic carbocycles. The number of carbonyl (C=O) groups excluding carboxylic acids is 1. The summed E-state index contributed by atoms with van der Waals surface area (Å²) in [5, 5.41) is 0. The Hall–Kier alpha value is -1.38. The third kappa shape index (κ3) is 3.05. The van der Waals surface area contributed by atoms with Crippen LogP contribution in [0.2, 0.25) is 0 Å². The molecule has 0 bridgehead atoms. The van der Waals surface area contributed by atoms with Crippen molar-refractivity contribution in [3.8, 4) is 5.88 Å². The minimum atomic E-state index is 0.284. The SMILES string of the molecule is Cc1cc(C=O)cnc1OC1CCCC(C)C1. The molecule has 0 radical (unpaired) electrons. The zero-order valence-corrected chi connectivity index (χ0v) is 10.5. The van der Waals surface area contributed by atoms with Crippen molar-refractivity contribution in [3.05, 3.63) is 23.4 Å². The van der Waals surface area contributed by atoms with Gasteiger partial charge in [-0.1, -0.05) is 13.3 Å². The van der Waals surface area contributed by atoms with Gasteiger partial charge in [0.1, 0.15) is 6.10 Å². The van der Waals surface area contributed by atoms with Crippen molar-refractivity contribution in [2.75, 3.05) is 0 Å². The summed E-state index contributed by atoms with van der Waals surface area (Å²) in [5.41, 5.74) is 1.54. The van der Waals surface area contributed by atoms with E-state index >= 15 is 0 Å². The average molecular weight is 233 g/mol. The zero-order valence-electron chi connectivity index (χ0n) is 10.5. The number of pyridine rings is 1. The molecule has 2 unspecified atom stereocenters. The zero-order chi connectivity index (χ0) is 12.3. The summed E-state index contributed by atoms with van der Waals surface area (Å²) >= 11 is 0. The molecule has 92 valence electrons. The Bertz CT molecular complexity index is 403. The van der Waals surface area contributed by atoms with E-state index in [1.165, 1.54) is 12.8 Å². The van der Waals surface area contributed by atoms with Crippen molar-refractivity contribution in [1.82, 2.24) is 4.98 Å². The number of rotatable bonds is 3. The molecular formula is C14H19NO2. The first-order valence-corrected chi connectivity index (χ1v) is 6.27. The predicted molar refractivity (Wildman–Crippen MR) is 66.4 cm³/mol. The van der Waals surface area contributed by atoms with Crippen LogP contribution >= 0.6 is 0 Å². The van der Waals surface area contributed by atoms with Gasteiger partial charge in [-0.05, 0) is 38.2 Å². The molecule has 0 spiro atoms. The topological polar surface area (TPSA) is 39.2 Å². The number of nitrogens with zero attached hydrogens (tertiary/aromatic N) is 1. The van der Waals surface area contributed by atoms with Gasteiger partial charge in [0, 0.05) is 17.3 Å². The van der Waals surface area contributed by atoms with Crippen LogP contribution in [0.3, 0.4) is 0 Å². The molecule has 1 heterocycles. The molecule has 3 nitrogen and oxygen atoms in total.